The van der Waals surface area contributed by atoms with Gasteiger partial charge in [-0.1, -0.05) is 39.0 Å². The van der Waals surface area contributed by atoms with Crippen LogP contribution >= 0.6 is 11.8 Å². The zero-order chi connectivity index (χ0) is 22.4. The molecule has 7 heteroatoms. The molecule has 0 aromatic heterocycles. The zero-order valence-corrected chi connectivity index (χ0v) is 19.0. The molecule has 164 valence electrons. The summed E-state index contributed by atoms with van der Waals surface area (Å²) in [6, 6.07) is 13.5. The lowest BCUT2D eigenvalue weighted by Crippen LogP contribution is -2.17. The van der Waals surface area contributed by atoms with E-state index in [9.17, 15) is 9.59 Å². The number of hydrogen-bond acceptors (Lipinski definition) is 6. The number of thioether (sulfide) groups is 1. The molecule has 0 radical (unpaired) electrons. The van der Waals surface area contributed by atoms with Gasteiger partial charge in [0.1, 0.15) is 5.75 Å². The Kier molecular flexibility index (Phi) is 7.28. The molecule has 0 unspecified atom stereocenters. The Hall–Kier alpha value is -2.93. The molecule has 1 saturated heterocycles. The monoisotopic (exact) mass is 441 g/mol. The molecule has 1 aliphatic rings. The second-order valence-corrected chi connectivity index (χ2v) is 9.10. The Balaban J connectivity index is 1.49. The van der Waals surface area contributed by atoms with E-state index < -0.39 is 0 Å². The molecule has 1 fully saturated rings. The average Bonchev–Trinajstić information content (AvgIpc) is 3.04. The number of nitrogens with one attached hydrogen (secondary N) is 1. The smallest absolute Gasteiger partial charge is 0.290 e. The fourth-order valence-electron chi connectivity index (χ4n) is 2.95. The molecule has 0 spiro atoms. The van der Waals surface area contributed by atoms with E-state index in [2.05, 4.69) is 38.2 Å². The van der Waals surface area contributed by atoms with E-state index in [1.165, 1.54) is 5.56 Å². The molecule has 2 aromatic carbocycles. The highest BCUT2D eigenvalue weighted by molar-refractivity contribution is 8.18. The predicted octanol–water partition coefficient (Wildman–Crippen LogP) is 5.16. The van der Waals surface area contributed by atoms with Crippen molar-refractivity contribution in [2.45, 2.75) is 32.6 Å². The van der Waals surface area contributed by atoms with Crippen LogP contribution < -0.4 is 19.5 Å². The first-order valence-corrected chi connectivity index (χ1v) is 10.9. The van der Waals surface area contributed by atoms with Gasteiger partial charge in [0, 0.05) is 6.42 Å². The van der Waals surface area contributed by atoms with Crippen LogP contribution in [-0.2, 0) is 10.2 Å². The second-order valence-electron chi connectivity index (χ2n) is 8.09. The largest absolute Gasteiger partial charge is 0.493 e. The number of benzene rings is 2. The number of carbonyl (C=O) groups is 2. The molecule has 0 saturated carbocycles. The molecule has 0 bridgehead atoms. The zero-order valence-electron chi connectivity index (χ0n) is 18.2. The molecule has 1 N–H and O–H groups in total. The number of rotatable bonds is 8. The van der Waals surface area contributed by atoms with Gasteiger partial charge in [0.15, 0.2) is 11.5 Å². The molecular formula is C24H27NO5S. The number of imide groups is 1. The van der Waals surface area contributed by atoms with E-state index in [0.29, 0.717) is 29.6 Å². The topological polar surface area (TPSA) is 73.9 Å². The summed E-state index contributed by atoms with van der Waals surface area (Å²) < 4.78 is 17.0. The van der Waals surface area contributed by atoms with Crippen molar-refractivity contribution in [1.82, 2.24) is 5.32 Å². The van der Waals surface area contributed by atoms with Crippen molar-refractivity contribution >= 4 is 29.0 Å². The predicted molar refractivity (Wildman–Crippen MR) is 123 cm³/mol. The first kappa shape index (κ1) is 22.7. The van der Waals surface area contributed by atoms with Crippen molar-refractivity contribution < 1.29 is 23.8 Å². The van der Waals surface area contributed by atoms with Crippen LogP contribution in [0.2, 0.25) is 0 Å². The van der Waals surface area contributed by atoms with E-state index in [1.54, 1.807) is 25.3 Å². The van der Waals surface area contributed by atoms with Crippen LogP contribution in [-0.4, -0.2) is 31.5 Å². The molecule has 0 aliphatic carbocycles. The SMILES string of the molecule is COc1cc(/C=C2\SC(=O)NC2=O)ccc1OCCCOc1ccc(C(C)(C)C)cc1. The quantitative estimate of drug-likeness (QED) is 0.450. The van der Waals surface area contributed by atoms with Crippen LogP contribution in [0.25, 0.3) is 6.08 Å². The van der Waals surface area contributed by atoms with Gasteiger partial charge in [0.05, 0.1) is 25.2 Å². The number of hydrogen-bond donors (Lipinski definition) is 1. The van der Waals surface area contributed by atoms with E-state index in [-0.39, 0.29) is 16.6 Å². The third-order valence-electron chi connectivity index (χ3n) is 4.66. The van der Waals surface area contributed by atoms with Gasteiger partial charge < -0.3 is 14.2 Å². The summed E-state index contributed by atoms with van der Waals surface area (Å²) in [5.41, 5.74) is 2.14. The molecule has 1 aliphatic heterocycles. The number of amides is 2. The van der Waals surface area contributed by atoms with Gasteiger partial charge in [-0.3, -0.25) is 14.9 Å². The Morgan fingerprint density at radius 1 is 0.968 bits per heavy atom. The van der Waals surface area contributed by atoms with Gasteiger partial charge in [-0.15, -0.1) is 0 Å². The first-order valence-electron chi connectivity index (χ1n) is 10.1. The van der Waals surface area contributed by atoms with Crippen molar-refractivity contribution in [3.8, 4) is 17.2 Å². The van der Waals surface area contributed by atoms with E-state index >= 15 is 0 Å². The van der Waals surface area contributed by atoms with Crippen molar-refractivity contribution in [2.24, 2.45) is 0 Å². The minimum Gasteiger partial charge on any atom is -0.493 e. The van der Waals surface area contributed by atoms with Crippen LogP contribution in [0.15, 0.2) is 47.4 Å². The minimum absolute atomic E-state index is 0.122. The molecule has 0 atom stereocenters. The van der Waals surface area contributed by atoms with Crippen LogP contribution in [0.3, 0.4) is 0 Å². The molecule has 2 amide bonds. The van der Waals surface area contributed by atoms with Crippen molar-refractivity contribution in [1.29, 1.82) is 0 Å². The Bertz CT molecular complexity index is 976. The lowest BCUT2D eigenvalue weighted by Gasteiger charge is -2.19. The lowest BCUT2D eigenvalue weighted by atomic mass is 9.87. The normalized spacial score (nSPS) is 15.2. The van der Waals surface area contributed by atoms with Gasteiger partial charge in [-0.2, -0.15) is 0 Å². The lowest BCUT2D eigenvalue weighted by molar-refractivity contribution is -0.115. The third kappa shape index (κ3) is 6.28. The number of ether oxygens (including phenoxy) is 3. The summed E-state index contributed by atoms with van der Waals surface area (Å²) >= 11 is 0.881. The first-order chi connectivity index (χ1) is 14.8. The molecule has 6 nitrogen and oxygen atoms in total. The van der Waals surface area contributed by atoms with Crippen molar-refractivity contribution in [2.75, 3.05) is 20.3 Å². The van der Waals surface area contributed by atoms with Crippen LogP contribution in [0, 0.1) is 0 Å². The van der Waals surface area contributed by atoms with Gasteiger partial charge >= 0.3 is 0 Å². The molecular weight excluding hydrogens is 414 g/mol. The Morgan fingerprint density at radius 2 is 1.68 bits per heavy atom. The fraction of sp³-hybridized carbons (Fsp3) is 0.333. The summed E-state index contributed by atoms with van der Waals surface area (Å²) in [5, 5.41) is 1.87. The maximum atomic E-state index is 11.7. The van der Waals surface area contributed by atoms with Crippen LogP contribution in [0.1, 0.15) is 38.3 Å². The van der Waals surface area contributed by atoms with Gasteiger partial charge in [-0.05, 0) is 58.6 Å². The van der Waals surface area contributed by atoms with Gasteiger partial charge in [0.25, 0.3) is 11.1 Å². The summed E-state index contributed by atoms with van der Waals surface area (Å²) in [6.07, 6.45) is 2.37. The van der Waals surface area contributed by atoms with Crippen molar-refractivity contribution in [3.63, 3.8) is 0 Å². The Morgan fingerprint density at radius 3 is 2.29 bits per heavy atom. The summed E-state index contributed by atoms with van der Waals surface area (Å²) in [4.78, 5) is 23.3. The standard InChI is InChI=1S/C24H27NO5S/c1-24(2,3)17-7-9-18(10-8-17)29-12-5-13-30-19-11-6-16(14-20(19)28-4)15-21-22(26)25-23(27)31-21/h6-11,14-15H,5,12-13H2,1-4H3,(H,25,26,27)/b21-15-. The van der Waals surface area contributed by atoms with E-state index in [0.717, 1.165) is 29.5 Å². The van der Waals surface area contributed by atoms with Crippen LogP contribution in [0.4, 0.5) is 4.79 Å². The van der Waals surface area contributed by atoms with Crippen molar-refractivity contribution in [3.05, 3.63) is 58.5 Å². The highest BCUT2D eigenvalue weighted by atomic mass is 32.2. The van der Waals surface area contributed by atoms with E-state index in [4.69, 9.17) is 14.2 Å². The molecule has 2 aromatic rings. The average molecular weight is 442 g/mol. The van der Waals surface area contributed by atoms with Gasteiger partial charge in [0.2, 0.25) is 0 Å². The summed E-state index contributed by atoms with van der Waals surface area (Å²) in [5.74, 6) is 1.62. The minimum atomic E-state index is -0.387. The maximum absolute atomic E-state index is 11.7. The summed E-state index contributed by atoms with van der Waals surface area (Å²) in [7, 11) is 1.56. The molecule has 3 rings (SSSR count). The summed E-state index contributed by atoms with van der Waals surface area (Å²) in [6.45, 7) is 7.57. The van der Waals surface area contributed by atoms with E-state index in [1.807, 2.05) is 18.2 Å². The Labute approximate surface area is 187 Å². The molecule has 31 heavy (non-hydrogen) atoms. The second kappa shape index (κ2) is 9.92. The highest BCUT2D eigenvalue weighted by Crippen LogP contribution is 2.31. The molecule has 1 heterocycles. The van der Waals surface area contributed by atoms with Gasteiger partial charge in [-0.25, -0.2) is 0 Å². The highest BCUT2D eigenvalue weighted by Gasteiger charge is 2.25. The fourth-order valence-corrected chi connectivity index (χ4v) is 3.63. The maximum Gasteiger partial charge on any atom is 0.290 e. The number of carbonyl (C=O) groups excluding carboxylic acids is 2. The third-order valence-corrected chi connectivity index (χ3v) is 5.47. The number of methoxy groups -OCH3 is 1. The van der Waals surface area contributed by atoms with Crippen LogP contribution in [0.5, 0.6) is 17.2 Å².